The van der Waals surface area contributed by atoms with Gasteiger partial charge in [0.1, 0.15) is 11.5 Å². The van der Waals surface area contributed by atoms with Gasteiger partial charge < -0.3 is 9.47 Å². The quantitative estimate of drug-likeness (QED) is 0.614. The molecule has 1 heterocycles. The number of amides is 1. The van der Waals surface area contributed by atoms with Crippen molar-refractivity contribution in [2.75, 3.05) is 19.5 Å². The second-order valence-electron chi connectivity index (χ2n) is 5.18. The van der Waals surface area contributed by atoms with Gasteiger partial charge in [0.05, 0.1) is 30.5 Å². The van der Waals surface area contributed by atoms with E-state index >= 15 is 0 Å². The molecule has 5 nitrogen and oxygen atoms in total. The maximum atomic E-state index is 12.4. The maximum absolute atomic E-state index is 12.4. The molecule has 3 aromatic rings. The standard InChI is InChI=1S/C18H14Cl2N2O3S/c1-24-11-4-5-12(16(8-11)25-2)15-9-26-18(21-15)22-17(23)13-7-10(19)3-6-14(13)20/h3-9H,1-2H3,(H,21,22,23). The van der Waals surface area contributed by atoms with Gasteiger partial charge in [-0.25, -0.2) is 4.98 Å². The summed E-state index contributed by atoms with van der Waals surface area (Å²) in [5, 5.41) is 5.77. The van der Waals surface area contributed by atoms with Gasteiger partial charge in [0, 0.05) is 22.0 Å². The van der Waals surface area contributed by atoms with E-state index in [1.807, 2.05) is 17.5 Å². The third-order valence-electron chi connectivity index (χ3n) is 3.58. The number of hydrogen-bond acceptors (Lipinski definition) is 5. The highest BCUT2D eigenvalue weighted by atomic mass is 35.5. The van der Waals surface area contributed by atoms with E-state index < -0.39 is 0 Å². The van der Waals surface area contributed by atoms with Crippen LogP contribution < -0.4 is 14.8 Å². The van der Waals surface area contributed by atoms with E-state index in [-0.39, 0.29) is 11.5 Å². The summed E-state index contributed by atoms with van der Waals surface area (Å²) in [4.78, 5) is 16.9. The lowest BCUT2D eigenvalue weighted by atomic mass is 10.1. The molecule has 3 rings (SSSR count). The first-order chi connectivity index (χ1) is 12.5. The van der Waals surface area contributed by atoms with Crippen molar-refractivity contribution >= 4 is 45.6 Å². The normalized spacial score (nSPS) is 10.5. The number of hydrogen-bond donors (Lipinski definition) is 1. The number of halogens is 2. The Bertz CT molecular complexity index is 959. The fourth-order valence-corrected chi connectivity index (χ4v) is 3.38. The van der Waals surface area contributed by atoms with Gasteiger partial charge in [0.15, 0.2) is 5.13 Å². The molecule has 0 aliphatic rings. The molecule has 0 atom stereocenters. The minimum Gasteiger partial charge on any atom is -0.497 e. The van der Waals surface area contributed by atoms with Crippen molar-refractivity contribution in [3.63, 3.8) is 0 Å². The Morgan fingerprint density at radius 1 is 1.12 bits per heavy atom. The van der Waals surface area contributed by atoms with E-state index in [9.17, 15) is 4.79 Å². The van der Waals surface area contributed by atoms with Crippen molar-refractivity contribution in [3.05, 3.63) is 57.4 Å². The van der Waals surface area contributed by atoms with E-state index in [0.29, 0.717) is 32.4 Å². The molecule has 1 N–H and O–H groups in total. The lowest BCUT2D eigenvalue weighted by molar-refractivity contribution is 0.102. The Hall–Kier alpha value is -2.28. The predicted molar refractivity (Wildman–Crippen MR) is 105 cm³/mol. The Kier molecular flexibility index (Phi) is 5.66. The summed E-state index contributed by atoms with van der Waals surface area (Å²) >= 11 is 13.3. The second kappa shape index (κ2) is 7.95. The van der Waals surface area contributed by atoms with Crippen LogP contribution in [0.4, 0.5) is 5.13 Å². The first-order valence-corrected chi connectivity index (χ1v) is 9.09. The number of ether oxygens (including phenoxy) is 2. The molecule has 0 saturated carbocycles. The van der Waals surface area contributed by atoms with Crippen molar-refractivity contribution < 1.29 is 14.3 Å². The summed E-state index contributed by atoms with van der Waals surface area (Å²) < 4.78 is 10.6. The molecule has 0 spiro atoms. The minimum absolute atomic E-state index is 0.290. The summed E-state index contributed by atoms with van der Waals surface area (Å²) in [6, 6.07) is 10.2. The Morgan fingerprint density at radius 2 is 1.92 bits per heavy atom. The number of methoxy groups -OCH3 is 2. The average molecular weight is 409 g/mol. The molecule has 1 amide bonds. The molecule has 134 valence electrons. The number of aromatic nitrogens is 1. The van der Waals surface area contributed by atoms with Gasteiger partial charge in [-0.2, -0.15) is 0 Å². The zero-order valence-electron chi connectivity index (χ0n) is 13.9. The first kappa shape index (κ1) is 18.5. The van der Waals surface area contributed by atoms with Crippen LogP contribution >= 0.6 is 34.5 Å². The van der Waals surface area contributed by atoms with Crippen LogP contribution in [0.1, 0.15) is 10.4 Å². The predicted octanol–water partition coefficient (Wildman–Crippen LogP) is 5.39. The summed E-state index contributed by atoms with van der Waals surface area (Å²) in [6.07, 6.45) is 0. The number of carbonyl (C=O) groups excluding carboxylic acids is 1. The van der Waals surface area contributed by atoms with Crippen LogP contribution in [0.3, 0.4) is 0 Å². The van der Waals surface area contributed by atoms with Gasteiger partial charge in [0.2, 0.25) is 0 Å². The summed E-state index contributed by atoms with van der Waals surface area (Å²) in [7, 11) is 3.17. The van der Waals surface area contributed by atoms with Crippen LogP contribution in [0.25, 0.3) is 11.3 Å². The summed E-state index contributed by atoms with van der Waals surface area (Å²) in [5.74, 6) is 0.940. The third-order valence-corrected chi connectivity index (χ3v) is 4.90. The van der Waals surface area contributed by atoms with Crippen molar-refractivity contribution in [3.8, 4) is 22.8 Å². The largest absolute Gasteiger partial charge is 0.497 e. The summed E-state index contributed by atoms with van der Waals surface area (Å²) in [5.41, 5.74) is 1.77. The lowest BCUT2D eigenvalue weighted by Gasteiger charge is -2.08. The van der Waals surface area contributed by atoms with Crippen molar-refractivity contribution in [1.29, 1.82) is 0 Å². The summed E-state index contributed by atoms with van der Waals surface area (Å²) in [6.45, 7) is 0. The highest BCUT2D eigenvalue weighted by Crippen LogP contribution is 2.35. The zero-order valence-corrected chi connectivity index (χ0v) is 16.2. The van der Waals surface area contributed by atoms with Crippen LogP contribution in [0.15, 0.2) is 41.8 Å². The molecular weight excluding hydrogens is 395 g/mol. The van der Waals surface area contributed by atoms with Gasteiger partial charge in [0.25, 0.3) is 5.91 Å². The Labute approximate surface area is 164 Å². The molecule has 1 aromatic heterocycles. The SMILES string of the molecule is COc1ccc(-c2csc(NC(=O)c3cc(Cl)ccc3Cl)n2)c(OC)c1. The number of anilines is 1. The van der Waals surface area contributed by atoms with Crippen molar-refractivity contribution in [2.24, 2.45) is 0 Å². The zero-order chi connectivity index (χ0) is 18.7. The van der Waals surface area contributed by atoms with E-state index in [2.05, 4.69) is 10.3 Å². The molecule has 0 aliphatic heterocycles. The number of thiazole rings is 1. The number of carbonyl (C=O) groups is 1. The first-order valence-electron chi connectivity index (χ1n) is 7.46. The van der Waals surface area contributed by atoms with Crippen LogP contribution in [0.5, 0.6) is 11.5 Å². The second-order valence-corrected chi connectivity index (χ2v) is 6.88. The molecular formula is C18H14Cl2N2O3S. The number of benzene rings is 2. The topological polar surface area (TPSA) is 60.5 Å². The van der Waals surface area contributed by atoms with Crippen molar-refractivity contribution in [2.45, 2.75) is 0 Å². The van der Waals surface area contributed by atoms with Crippen molar-refractivity contribution in [1.82, 2.24) is 4.98 Å². The van der Waals surface area contributed by atoms with Gasteiger partial charge in [-0.05, 0) is 30.3 Å². The Morgan fingerprint density at radius 3 is 2.65 bits per heavy atom. The van der Waals surface area contributed by atoms with Gasteiger partial charge >= 0.3 is 0 Å². The molecule has 8 heteroatoms. The molecule has 0 radical (unpaired) electrons. The Balaban J connectivity index is 1.84. The van der Waals surface area contributed by atoms with Crippen LogP contribution in [-0.4, -0.2) is 25.1 Å². The molecule has 0 bridgehead atoms. The minimum atomic E-state index is -0.375. The fraction of sp³-hybridized carbons (Fsp3) is 0.111. The maximum Gasteiger partial charge on any atom is 0.259 e. The van der Waals surface area contributed by atoms with Gasteiger partial charge in [-0.3, -0.25) is 10.1 Å². The monoisotopic (exact) mass is 408 g/mol. The molecule has 0 saturated heterocycles. The van der Waals surface area contributed by atoms with E-state index in [4.69, 9.17) is 32.7 Å². The van der Waals surface area contributed by atoms with Crippen LogP contribution in [-0.2, 0) is 0 Å². The highest BCUT2D eigenvalue weighted by molar-refractivity contribution is 7.14. The smallest absolute Gasteiger partial charge is 0.259 e. The van der Waals surface area contributed by atoms with Crippen LogP contribution in [0, 0.1) is 0 Å². The third kappa shape index (κ3) is 3.93. The highest BCUT2D eigenvalue weighted by Gasteiger charge is 2.15. The molecule has 2 aromatic carbocycles. The van der Waals surface area contributed by atoms with E-state index in [1.54, 1.807) is 32.4 Å². The van der Waals surface area contributed by atoms with E-state index in [0.717, 1.165) is 5.56 Å². The molecule has 0 aliphatic carbocycles. The lowest BCUT2D eigenvalue weighted by Crippen LogP contribution is -2.12. The molecule has 0 fully saturated rings. The van der Waals surface area contributed by atoms with Gasteiger partial charge in [-0.1, -0.05) is 23.2 Å². The van der Waals surface area contributed by atoms with Crippen LogP contribution in [0.2, 0.25) is 10.0 Å². The average Bonchev–Trinajstić information content (AvgIpc) is 3.11. The molecule has 0 unspecified atom stereocenters. The molecule has 26 heavy (non-hydrogen) atoms. The van der Waals surface area contributed by atoms with Gasteiger partial charge in [-0.15, -0.1) is 11.3 Å². The number of nitrogens with one attached hydrogen (secondary N) is 1. The number of nitrogens with zero attached hydrogens (tertiary/aromatic N) is 1. The van der Waals surface area contributed by atoms with E-state index in [1.165, 1.54) is 17.4 Å². The fourth-order valence-electron chi connectivity index (χ4n) is 2.30. The number of rotatable bonds is 5.